The molecule has 1 fully saturated rings. The van der Waals surface area contributed by atoms with Crippen LogP contribution >= 0.6 is 0 Å². The van der Waals surface area contributed by atoms with Crippen LogP contribution in [0.15, 0.2) is 54.6 Å². The lowest BCUT2D eigenvalue weighted by Gasteiger charge is -2.42. The van der Waals surface area contributed by atoms with Gasteiger partial charge in [0.05, 0.1) is 0 Å². The van der Waals surface area contributed by atoms with Crippen LogP contribution in [0.5, 0.6) is 5.75 Å². The minimum Gasteiger partial charge on any atom is -0.481 e. The Morgan fingerprint density at radius 2 is 1.71 bits per heavy atom. The van der Waals surface area contributed by atoms with E-state index in [4.69, 9.17) is 4.74 Å². The van der Waals surface area contributed by atoms with Gasteiger partial charge in [-0.25, -0.2) is 0 Å². The summed E-state index contributed by atoms with van der Waals surface area (Å²) in [6.07, 6.45) is 5.52. The lowest BCUT2D eigenvalue weighted by atomic mass is 9.74. The number of carbonyl (C=O) groups is 2. The number of hydrogen-bond donors (Lipinski definition) is 1. The first-order valence-electron chi connectivity index (χ1n) is 11.4. The van der Waals surface area contributed by atoms with Crippen molar-refractivity contribution >= 4 is 11.8 Å². The molecule has 5 nitrogen and oxygen atoms in total. The van der Waals surface area contributed by atoms with Crippen LogP contribution in [0.2, 0.25) is 0 Å². The summed E-state index contributed by atoms with van der Waals surface area (Å²) in [7, 11) is 0. The Hall–Kier alpha value is -2.82. The number of hydrogen-bond acceptors (Lipinski definition) is 3. The second kappa shape index (κ2) is 9.54. The van der Waals surface area contributed by atoms with Gasteiger partial charge in [0.15, 0.2) is 6.10 Å². The zero-order valence-corrected chi connectivity index (χ0v) is 18.3. The number of piperidine rings is 1. The molecule has 1 spiro atoms. The summed E-state index contributed by atoms with van der Waals surface area (Å²) in [5.74, 6) is 0.844. The third kappa shape index (κ3) is 5.09. The van der Waals surface area contributed by atoms with Crippen molar-refractivity contribution in [3.05, 3.63) is 65.7 Å². The van der Waals surface area contributed by atoms with Gasteiger partial charge in [0.2, 0.25) is 0 Å². The fraction of sp³-hybridized carbons (Fsp3) is 0.462. The third-order valence-corrected chi connectivity index (χ3v) is 6.82. The summed E-state index contributed by atoms with van der Waals surface area (Å²) in [6, 6.07) is 17.5. The first-order valence-corrected chi connectivity index (χ1v) is 11.4. The average Bonchev–Trinajstić information content (AvgIpc) is 2.81. The van der Waals surface area contributed by atoms with Gasteiger partial charge in [-0.15, -0.1) is 0 Å². The van der Waals surface area contributed by atoms with Gasteiger partial charge >= 0.3 is 0 Å². The fourth-order valence-electron chi connectivity index (χ4n) is 4.77. The number of benzene rings is 2. The van der Waals surface area contributed by atoms with E-state index < -0.39 is 6.10 Å². The summed E-state index contributed by atoms with van der Waals surface area (Å²) in [4.78, 5) is 27.5. The van der Waals surface area contributed by atoms with Crippen molar-refractivity contribution in [3.8, 4) is 5.75 Å². The Balaban J connectivity index is 1.43. The van der Waals surface area contributed by atoms with Gasteiger partial charge in [-0.2, -0.15) is 0 Å². The molecule has 2 aliphatic heterocycles. The predicted molar refractivity (Wildman–Crippen MR) is 121 cm³/mol. The Morgan fingerprint density at radius 3 is 2.48 bits per heavy atom. The van der Waals surface area contributed by atoms with E-state index in [0.717, 1.165) is 62.9 Å². The Bertz CT molecular complexity index is 904. The summed E-state index contributed by atoms with van der Waals surface area (Å²) < 4.78 is 5.99. The molecule has 1 saturated heterocycles. The molecule has 31 heavy (non-hydrogen) atoms. The van der Waals surface area contributed by atoms with Gasteiger partial charge in [-0.05, 0) is 68.2 Å². The number of rotatable bonds is 1. The molecule has 0 unspecified atom stereocenters. The summed E-state index contributed by atoms with van der Waals surface area (Å²) in [5, 5.41) is 3.15. The second-order valence-electron chi connectivity index (χ2n) is 8.95. The zero-order valence-electron chi connectivity index (χ0n) is 18.3. The molecular formula is C26H32N2O3. The average molecular weight is 421 g/mol. The molecule has 0 radical (unpaired) electrons. The second-order valence-corrected chi connectivity index (χ2v) is 8.95. The molecule has 0 aliphatic carbocycles. The monoisotopic (exact) mass is 420 g/mol. The van der Waals surface area contributed by atoms with Gasteiger partial charge in [0, 0.05) is 25.2 Å². The van der Waals surface area contributed by atoms with Crippen LogP contribution in [0.4, 0.5) is 0 Å². The smallest absolute Gasteiger partial charge is 0.260 e. The van der Waals surface area contributed by atoms with Crippen LogP contribution in [0, 0.1) is 5.41 Å². The van der Waals surface area contributed by atoms with Crippen molar-refractivity contribution in [3.63, 3.8) is 0 Å². The highest BCUT2D eigenvalue weighted by Gasteiger charge is 2.36. The topological polar surface area (TPSA) is 58.6 Å². The summed E-state index contributed by atoms with van der Waals surface area (Å²) >= 11 is 0. The van der Waals surface area contributed by atoms with Crippen molar-refractivity contribution in [2.24, 2.45) is 5.41 Å². The third-order valence-electron chi connectivity index (χ3n) is 6.82. The SMILES string of the molecule is C[C@H]1Oc2ccccc2CCCCC2(CCN(C(=O)c3ccccc3)CC2)CNC1=O. The molecule has 2 aromatic carbocycles. The minimum atomic E-state index is -0.530. The van der Waals surface area contributed by atoms with Crippen LogP contribution in [0.25, 0.3) is 0 Å². The highest BCUT2D eigenvalue weighted by atomic mass is 16.5. The largest absolute Gasteiger partial charge is 0.481 e. The lowest BCUT2D eigenvalue weighted by Crippen LogP contribution is -2.49. The highest BCUT2D eigenvalue weighted by Crippen LogP contribution is 2.37. The Morgan fingerprint density at radius 1 is 1.00 bits per heavy atom. The molecule has 164 valence electrons. The molecule has 1 N–H and O–H groups in total. The summed E-state index contributed by atoms with van der Waals surface area (Å²) in [5.41, 5.74) is 1.96. The molecule has 0 aromatic heterocycles. The highest BCUT2D eigenvalue weighted by molar-refractivity contribution is 5.94. The van der Waals surface area contributed by atoms with Crippen LogP contribution in [0.1, 0.15) is 54.9 Å². The van der Waals surface area contributed by atoms with Crippen molar-refractivity contribution in [1.29, 1.82) is 0 Å². The number of ether oxygens (including phenoxy) is 1. The number of amides is 2. The van der Waals surface area contributed by atoms with Crippen molar-refractivity contribution in [1.82, 2.24) is 10.2 Å². The quantitative estimate of drug-likeness (QED) is 0.752. The molecule has 2 aliphatic rings. The molecule has 2 aromatic rings. The standard InChI is InChI=1S/C26H32N2O3/c1-20-24(29)27-19-26(14-8-7-10-21-9-5-6-13-23(21)31-20)15-17-28(18-16-26)25(30)22-11-3-2-4-12-22/h2-6,9,11-13,20H,7-8,10,14-19H2,1H3,(H,27,29)/t20-/m1/s1. The van der Waals surface area contributed by atoms with E-state index in [2.05, 4.69) is 11.4 Å². The molecule has 2 heterocycles. The molecular weight excluding hydrogens is 388 g/mol. The van der Waals surface area contributed by atoms with Crippen molar-refractivity contribution in [2.75, 3.05) is 19.6 Å². The zero-order chi connectivity index (χ0) is 21.7. The van der Waals surface area contributed by atoms with Gasteiger partial charge in [-0.3, -0.25) is 9.59 Å². The van der Waals surface area contributed by atoms with Gasteiger partial charge in [0.1, 0.15) is 5.75 Å². The predicted octanol–water partition coefficient (Wildman–Crippen LogP) is 4.22. The minimum absolute atomic E-state index is 0.0432. The van der Waals surface area contributed by atoms with Gasteiger partial charge in [0.25, 0.3) is 11.8 Å². The van der Waals surface area contributed by atoms with E-state index in [-0.39, 0.29) is 17.2 Å². The van der Waals surface area contributed by atoms with E-state index in [1.54, 1.807) is 0 Å². The van der Waals surface area contributed by atoms with Crippen LogP contribution in [0.3, 0.4) is 0 Å². The van der Waals surface area contributed by atoms with Crippen molar-refractivity contribution in [2.45, 2.75) is 51.6 Å². The number of nitrogens with zero attached hydrogens (tertiary/aromatic N) is 1. The number of nitrogens with one attached hydrogen (secondary N) is 1. The maximum absolute atomic E-state index is 12.8. The van der Waals surface area contributed by atoms with Crippen LogP contribution in [-0.2, 0) is 11.2 Å². The number of carbonyl (C=O) groups excluding carboxylic acids is 2. The first kappa shape index (κ1) is 21.4. The van der Waals surface area contributed by atoms with E-state index in [9.17, 15) is 9.59 Å². The number of fused-ring (bicyclic) bond motifs is 1. The maximum atomic E-state index is 12.8. The van der Waals surface area contributed by atoms with Gasteiger partial charge in [-0.1, -0.05) is 42.8 Å². The number of para-hydroxylation sites is 1. The van der Waals surface area contributed by atoms with Gasteiger partial charge < -0.3 is 15.0 Å². The molecule has 0 saturated carbocycles. The fourth-order valence-corrected chi connectivity index (χ4v) is 4.77. The lowest BCUT2D eigenvalue weighted by molar-refractivity contribution is -0.128. The van der Waals surface area contributed by atoms with Crippen LogP contribution < -0.4 is 10.1 Å². The van der Waals surface area contributed by atoms with Crippen LogP contribution in [-0.4, -0.2) is 42.5 Å². The molecule has 4 rings (SSSR count). The van der Waals surface area contributed by atoms with E-state index in [0.29, 0.717) is 6.54 Å². The molecule has 1 atom stereocenters. The molecule has 2 amide bonds. The number of aryl methyl sites for hydroxylation is 1. The van der Waals surface area contributed by atoms with E-state index >= 15 is 0 Å². The normalized spacial score (nSPS) is 21.8. The summed E-state index contributed by atoms with van der Waals surface area (Å²) in [6.45, 7) is 3.93. The first-order chi connectivity index (χ1) is 15.1. The maximum Gasteiger partial charge on any atom is 0.260 e. The van der Waals surface area contributed by atoms with Crippen molar-refractivity contribution < 1.29 is 14.3 Å². The Labute approximate surface area is 184 Å². The van der Waals surface area contributed by atoms with E-state index in [1.165, 1.54) is 5.56 Å². The van der Waals surface area contributed by atoms with E-state index in [1.807, 2.05) is 60.4 Å². The number of likely N-dealkylation sites (tertiary alicyclic amines) is 1. The molecule has 5 heteroatoms. The Kier molecular flexibility index (Phi) is 6.59. The molecule has 0 bridgehead atoms.